The van der Waals surface area contributed by atoms with Gasteiger partial charge in [0.25, 0.3) is 0 Å². The van der Waals surface area contributed by atoms with E-state index in [4.69, 9.17) is 32.7 Å². The molecule has 1 fully saturated rings. The monoisotopic (exact) mass is 373 g/mol. The molecule has 0 spiro atoms. The molecule has 24 heavy (non-hydrogen) atoms. The molecule has 1 aliphatic heterocycles. The lowest BCUT2D eigenvalue weighted by molar-refractivity contribution is -0.159. The number of carbonyl (C=O) groups is 2. The maximum Gasteiger partial charge on any atom is 0.329 e. The number of carbonyl (C=O) groups excluding carboxylic acids is 2. The Kier molecular flexibility index (Phi) is 5.66. The minimum atomic E-state index is -0.727. The fourth-order valence-electron chi connectivity index (χ4n) is 2.76. The molecule has 7 heteroatoms. The Morgan fingerprint density at radius 3 is 2.54 bits per heavy atom. The molecule has 1 heterocycles. The molecular formula is C17H21Cl2NO4. The smallest absolute Gasteiger partial charge is 0.329 e. The first-order valence-corrected chi connectivity index (χ1v) is 8.42. The number of amides is 1. The van der Waals surface area contributed by atoms with E-state index >= 15 is 0 Å². The summed E-state index contributed by atoms with van der Waals surface area (Å²) in [5.41, 5.74) is 0.0234. The van der Waals surface area contributed by atoms with Crippen LogP contribution < -0.4 is 10.1 Å². The molecule has 132 valence electrons. The predicted octanol–water partition coefficient (Wildman–Crippen LogP) is 3.71. The van der Waals surface area contributed by atoms with Crippen molar-refractivity contribution in [1.82, 2.24) is 5.32 Å². The third-order valence-corrected chi connectivity index (χ3v) is 4.52. The van der Waals surface area contributed by atoms with Crippen molar-refractivity contribution in [2.45, 2.75) is 51.2 Å². The summed E-state index contributed by atoms with van der Waals surface area (Å²) in [6.07, 6.45) is 0.576. The van der Waals surface area contributed by atoms with Crippen molar-refractivity contribution in [2.24, 2.45) is 0 Å². The molecule has 0 saturated carbocycles. The van der Waals surface area contributed by atoms with Crippen LogP contribution in [-0.2, 0) is 14.3 Å². The predicted molar refractivity (Wildman–Crippen MR) is 92.8 cm³/mol. The molecule has 1 aromatic rings. The van der Waals surface area contributed by atoms with Crippen molar-refractivity contribution in [3.63, 3.8) is 0 Å². The van der Waals surface area contributed by atoms with Crippen LogP contribution in [0.4, 0.5) is 0 Å². The van der Waals surface area contributed by atoms with Gasteiger partial charge in [-0.25, -0.2) is 4.79 Å². The van der Waals surface area contributed by atoms with Gasteiger partial charge in [0.15, 0.2) is 0 Å². The highest BCUT2D eigenvalue weighted by atomic mass is 35.5. The molecule has 5 nitrogen and oxygen atoms in total. The average Bonchev–Trinajstić information content (AvgIpc) is 2.47. The minimum absolute atomic E-state index is 0.204. The molecule has 1 N–H and O–H groups in total. The second kappa shape index (κ2) is 7.19. The van der Waals surface area contributed by atoms with Crippen molar-refractivity contribution in [1.29, 1.82) is 0 Å². The molecule has 1 saturated heterocycles. The molecule has 0 unspecified atom stereocenters. The largest absolute Gasteiger partial charge is 0.496 e. The summed E-state index contributed by atoms with van der Waals surface area (Å²) in [7, 11) is 1.53. The van der Waals surface area contributed by atoms with Crippen molar-refractivity contribution in [3.8, 4) is 5.75 Å². The third kappa shape index (κ3) is 4.33. The van der Waals surface area contributed by atoms with Crippen molar-refractivity contribution in [2.75, 3.05) is 7.11 Å². The highest BCUT2D eigenvalue weighted by Crippen LogP contribution is 2.42. The quantitative estimate of drug-likeness (QED) is 0.820. The Hall–Kier alpha value is -1.46. The van der Waals surface area contributed by atoms with E-state index < -0.39 is 17.6 Å². The van der Waals surface area contributed by atoms with Gasteiger partial charge in [-0.3, -0.25) is 4.79 Å². The van der Waals surface area contributed by atoms with E-state index in [2.05, 4.69) is 5.32 Å². The number of ether oxygens (including phenoxy) is 2. The standard InChI is InChI=1S/C17H21Cl2NO4/c1-17(2,3)24-16(22)11-7-9(8-13(21)20-11)14-12(23-4)6-5-10(18)15(14)19/h5-6,9,11H,7-8H2,1-4H3,(H,20,21)/t9-,11-/m0/s1. The van der Waals surface area contributed by atoms with Crippen LogP contribution >= 0.6 is 23.2 Å². The number of hydrogen-bond donors (Lipinski definition) is 1. The summed E-state index contributed by atoms with van der Waals surface area (Å²) >= 11 is 12.4. The topological polar surface area (TPSA) is 64.6 Å². The molecule has 1 aliphatic rings. The van der Waals surface area contributed by atoms with Crippen LogP contribution in [-0.4, -0.2) is 30.6 Å². The van der Waals surface area contributed by atoms with Gasteiger partial charge in [-0.1, -0.05) is 23.2 Å². The van der Waals surface area contributed by atoms with Crippen LogP contribution in [0.3, 0.4) is 0 Å². The lowest BCUT2D eigenvalue weighted by atomic mass is 9.85. The van der Waals surface area contributed by atoms with Gasteiger partial charge < -0.3 is 14.8 Å². The maximum absolute atomic E-state index is 12.3. The summed E-state index contributed by atoms with van der Waals surface area (Å²) in [5.74, 6) is -0.428. The Labute approximate surface area is 151 Å². The maximum atomic E-state index is 12.3. The summed E-state index contributed by atoms with van der Waals surface area (Å²) in [6.45, 7) is 5.34. The Balaban J connectivity index is 2.31. The second-order valence-electron chi connectivity index (χ2n) is 6.77. The number of hydrogen-bond acceptors (Lipinski definition) is 4. The van der Waals surface area contributed by atoms with Gasteiger partial charge >= 0.3 is 5.97 Å². The molecule has 0 aliphatic carbocycles. The van der Waals surface area contributed by atoms with E-state index in [0.29, 0.717) is 27.8 Å². The van der Waals surface area contributed by atoms with Gasteiger partial charge in [-0.05, 0) is 39.3 Å². The zero-order valence-electron chi connectivity index (χ0n) is 14.1. The summed E-state index contributed by atoms with van der Waals surface area (Å²) in [5, 5.41) is 3.41. The molecule has 1 amide bonds. The Bertz CT molecular complexity index is 655. The van der Waals surface area contributed by atoms with Crippen LogP contribution in [0.15, 0.2) is 12.1 Å². The molecule has 0 radical (unpaired) electrons. The number of piperidine rings is 1. The fraction of sp³-hybridized carbons (Fsp3) is 0.529. The molecule has 1 aromatic carbocycles. The van der Waals surface area contributed by atoms with Crippen LogP contribution in [0, 0.1) is 0 Å². The second-order valence-corrected chi connectivity index (χ2v) is 7.55. The lowest BCUT2D eigenvalue weighted by Gasteiger charge is -2.32. The normalized spacial score (nSPS) is 21.2. The zero-order chi connectivity index (χ0) is 18.1. The molecule has 0 bridgehead atoms. The van der Waals surface area contributed by atoms with Gasteiger partial charge in [-0.2, -0.15) is 0 Å². The molecular weight excluding hydrogens is 353 g/mol. The first-order chi connectivity index (χ1) is 11.1. The highest BCUT2D eigenvalue weighted by molar-refractivity contribution is 6.42. The summed E-state index contributed by atoms with van der Waals surface area (Å²) < 4.78 is 10.7. The SMILES string of the molecule is COc1ccc(Cl)c(Cl)c1[C@@H]1CC(=O)N[C@H](C(=O)OC(C)(C)C)C1. The Morgan fingerprint density at radius 1 is 1.29 bits per heavy atom. The van der Waals surface area contributed by atoms with Gasteiger partial charge in [0.1, 0.15) is 17.4 Å². The van der Waals surface area contributed by atoms with Crippen molar-refractivity contribution >= 4 is 35.1 Å². The van der Waals surface area contributed by atoms with E-state index in [-0.39, 0.29) is 18.2 Å². The van der Waals surface area contributed by atoms with Crippen molar-refractivity contribution < 1.29 is 19.1 Å². The van der Waals surface area contributed by atoms with Crippen LogP contribution in [0.5, 0.6) is 5.75 Å². The van der Waals surface area contributed by atoms with E-state index in [9.17, 15) is 9.59 Å². The van der Waals surface area contributed by atoms with Gasteiger partial charge in [0.2, 0.25) is 5.91 Å². The summed E-state index contributed by atoms with van der Waals surface area (Å²) in [4.78, 5) is 24.4. The first kappa shape index (κ1) is 18.9. The Morgan fingerprint density at radius 2 is 1.96 bits per heavy atom. The third-order valence-electron chi connectivity index (χ3n) is 3.70. The molecule has 0 aromatic heterocycles. The minimum Gasteiger partial charge on any atom is -0.496 e. The zero-order valence-corrected chi connectivity index (χ0v) is 15.6. The van der Waals surface area contributed by atoms with E-state index in [1.54, 1.807) is 32.9 Å². The number of nitrogens with one attached hydrogen (secondary N) is 1. The van der Waals surface area contributed by atoms with Crippen molar-refractivity contribution in [3.05, 3.63) is 27.7 Å². The number of benzene rings is 1. The first-order valence-electron chi connectivity index (χ1n) is 7.66. The van der Waals surface area contributed by atoms with Crippen LogP contribution in [0.2, 0.25) is 10.0 Å². The number of rotatable bonds is 3. The highest BCUT2D eigenvalue weighted by Gasteiger charge is 2.36. The van der Waals surface area contributed by atoms with E-state index in [1.165, 1.54) is 7.11 Å². The number of halogens is 2. The van der Waals surface area contributed by atoms with Gasteiger partial charge in [0, 0.05) is 17.9 Å². The lowest BCUT2D eigenvalue weighted by Crippen LogP contribution is -2.48. The van der Waals surface area contributed by atoms with Crippen LogP contribution in [0.25, 0.3) is 0 Å². The molecule has 2 atom stereocenters. The summed E-state index contributed by atoms with van der Waals surface area (Å²) in [6, 6.07) is 2.62. The number of methoxy groups -OCH3 is 1. The number of esters is 1. The van der Waals surface area contributed by atoms with E-state index in [1.807, 2.05) is 0 Å². The van der Waals surface area contributed by atoms with Gasteiger partial charge in [0.05, 0.1) is 17.2 Å². The fourth-order valence-corrected chi connectivity index (χ4v) is 3.23. The van der Waals surface area contributed by atoms with Gasteiger partial charge in [-0.15, -0.1) is 0 Å². The van der Waals surface area contributed by atoms with Crippen LogP contribution in [0.1, 0.15) is 45.1 Å². The average molecular weight is 374 g/mol. The molecule has 2 rings (SSSR count). The van der Waals surface area contributed by atoms with E-state index in [0.717, 1.165) is 0 Å².